The summed E-state index contributed by atoms with van der Waals surface area (Å²) in [5.41, 5.74) is 0.694. The largest absolute Gasteiger partial charge is 0.481 e. The number of benzene rings is 1. The van der Waals surface area contributed by atoms with Crippen LogP contribution in [0.15, 0.2) is 39.6 Å². The van der Waals surface area contributed by atoms with E-state index in [1.54, 1.807) is 26.0 Å². The van der Waals surface area contributed by atoms with Gasteiger partial charge in [-0.1, -0.05) is 12.1 Å². The molecule has 1 aromatic carbocycles. The van der Waals surface area contributed by atoms with Crippen LogP contribution in [0.3, 0.4) is 0 Å². The van der Waals surface area contributed by atoms with Gasteiger partial charge in [0.25, 0.3) is 10.0 Å². The molecule has 0 aliphatic rings. The number of amides is 2. The minimum Gasteiger partial charge on any atom is -0.481 e. The van der Waals surface area contributed by atoms with Crippen LogP contribution in [0.1, 0.15) is 11.6 Å². The highest BCUT2D eigenvalue weighted by Crippen LogP contribution is 2.26. The zero-order chi connectivity index (χ0) is 20.3. The van der Waals surface area contributed by atoms with Crippen LogP contribution >= 0.6 is 0 Å². The van der Waals surface area contributed by atoms with Gasteiger partial charge in [-0.2, -0.15) is 4.98 Å². The second-order valence-electron chi connectivity index (χ2n) is 5.56. The third-order valence-corrected chi connectivity index (χ3v) is 4.81. The van der Waals surface area contributed by atoms with Crippen LogP contribution in [-0.4, -0.2) is 41.7 Å². The van der Waals surface area contributed by atoms with E-state index in [1.807, 2.05) is 4.72 Å². The van der Waals surface area contributed by atoms with Crippen LogP contribution in [-0.2, 0) is 10.0 Å². The molecule has 28 heavy (non-hydrogen) atoms. The zero-order valence-electron chi connectivity index (χ0n) is 15.1. The lowest BCUT2D eigenvalue weighted by molar-refractivity contribution is 0.256. The van der Waals surface area contributed by atoms with E-state index in [9.17, 15) is 13.2 Å². The Balaban J connectivity index is 1.85. The summed E-state index contributed by atoms with van der Waals surface area (Å²) in [5.74, 6) is 0.414. The second kappa shape index (κ2) is 7.60. The number of ether oxygens (including phenoxy) is 1. The highest BCUT2D eigenvalue weighted by molar-refractivity contribution is 7.90. The number of urea groups is 1. The van der Waals surface area contributed by atoms with Gasteiger partial charge < -0.3 is 9.15 Å². The molecule has 0 spiro atoms. The molecule has 2 aromatic heterocycles. The number of nitrogens with zero attached hydrogens (tertiary/aromatic N) is 4. The molecule has 3 rings (SSSR count). The van der Waals surface area contributed by atoms with E-state index in [1.165, 1.54) is 25.3 Å². The molecule has 0 aliphatic carbocycles. The summed E-state index contributed by atoms with van der Waals surface area (Å²) in [6.45, 7) is 3.25. The van der Waals surface area contributed by atoms with Gasteiger partial charge in [0, 0.05) is 18.7 Å². The van der Waals surface area contributed by atoms with Gasteiger partial charge in [-0.3, -0.25) is 5.32 Å². The number of carbonyl (C=O) groups is 1. The van der Waals surface area contributed by atoms with Crippen molar-refractivity contribution in [3.05, 3.63) is 41.9 Å². The number of nitrogens with one attached hydrogen (secondary N) is 2. The van der Waals surface area contributed by atoms with Crippen LogP contribution < -0.4 is 14.8 Å². The molecule has 146 valence electrons. The monoisotopic (exact) mass is 404 g/mol. The zero-order valence-corrected chi connectivity index (χ0v) is 15.9. The average Bonchev–Trinajstić information content (AvgIpc) is 3.07. The van der Waals surface area contributed by atoms with E-state index in [0.29, 0.717) is 5.69 Å². The smallest absolute Gasteiger partial charge is 0.335 e. The molecule has 0 unspecified atom stereocenters. The summed E-state index contributed by atoms with van der Waals surface area (Å²) in [7, 11) is -2.84. The number of hydrogen-bond acceptors (Lipinski definition) is 9. The predicted octanol–water partition coefficient (Wildman–Crippen LogP) is 1.66. The SMILES string of the molecule is COc1cc(C)nc(NC(=O)NS(=O)(=O)c2ccccc2-c2nnc(C)o2)n1. The minimum atomic E-state index is -4.25. The Kier molecular flexibility index (Phi) is 5.22. The predicted molar refractivity (Wildman–Crippen MR) is 97.1 cm³/mol. The van der Waals surface area contributed by atoms with Crippen molar-refractivity contribution in [3.63, 3.8) is 0 Å². The van der Waals surface area contributed by atoms with Gasteiger partial charge in [0.15, 0.2) is 0 Å². The number of hydrogen-bond donors (Lipinski definition) is 2. The molecule has 0 saturated heterocycles. The Bertz CT molecular complexity index is 1130. The normalized spacial score (nSPS) is 11.1. The Morgan fingerprint density at radius 1 is 1.14 bits per heavy atom. The first-order chi connectivity index (χ1) is 13.3. The average molecular weight is 404 g/mol. The lowest BCUT2D eigenvalue weighted by atomic mass is 10.2. The third kappa shape index (κ3) is 4.23. The molecule has 2 N–H and O–H groups in total. The number of sulfonamides is 1. The number of aromatic nitrogens is 4. The van der Waals surface area contributed by atoms with E-state index in [-0.39, 0.29) is 34.1 Å². The van der Waals surface area contributed by atoms with Crippen LogP contribution in [0.2, 0.25) is 0 Å². The minimum absolute atomic E-state index is 0.0191. The van der Waals surface area contributed by atoms with Crippen molar-refractivity contribution in [1.82, 2.24) is 24.9 Å². The van der Waals surface area contributed by atoms with Crippen molar-refractivity contribution >= 4 is 22.0 Å². The van der Waals surface area contributed by atoms with Crippen molar-refractivity contribution in [1.29, 1.82) is 0 Å². The fourth-order valence-electron chi connectivity index (χ4n) is 2.29. The lowest BCUT2D eigenvalue weighted by Crippen LogP contribution is -2.35. The van der Waals surface area contributed by atoms with Crippen molar-refractivity contribution in [2.24, 2.45) is 0 Å². The molecule has 0 atom stereocenters. The van der Waals surface area contributed by atoms with E-state index >= 15 is 0 Å². The first-order valence-corrected chi connectivity index (χ1v) is 9.40. The second-order valence-corrected chi connectivity index (χ2v) is 7.21. The van der Waals surface area contributed by atoms with Gasteiger partial charge in [-0.15, -0.1) is 10.2 Å². The fourth-order valence-corrected chi connectivity index (χ4v) is 3.39. The first-order valence-electron chi connectivity index (χ1n) is 7.91. The maximum Gasteiger partial charge on any atom is 0.335 e. The standard InChI is InChI=1S/C16H16N6O5S/c1-9-8-13(26-3)18-15(17-9)19-16(23)22-28(24,25)12-7-5-4-6-11(12)14-21-20-10(2)27-14/h4-8H,1-3H3,(H2,17,18,19,22,23). The summed E-state index contributed by atoms with van der Waals surface area (Å²) in [6, 6.07) is 6.45. The van der Waals surface area contributed by atoms with Gasteiger partial charge in [0.1, 0.15) is 4.90 Å². The number of methoxy groups -OCH3 is 1. The maximum absolute atomic E-state index is 12.7. The molecule has 2 amide bonds. The molecular weight excluding hydrogens is 388 g/mol. The summed E-state index contributed by atoms with van der Waals surface area (Å²) in [4.78, 5) is 19.9. The number of aryl methyl sites for hydroxylation is 2. The van der Waals surface area contributed by atoms with Gasteiger partial charge in [-0.05, 0) is 19.1 Å². The molecule has 11 nitrogen and oxygen atoms in total. The highest BCUT2D eigenvalue weighted by Gasteiger charge is 2.24. The first kappa shape index (κ1) is 19.2. The van der Waals surface area contributed by atoms with E-state index in [4.69, 9.17) is 9.15 Å². The van der Waals surface area contributed by atoms with E-state index in [0.717, 1.165) is 0 Å². The number of carbonyl (C=O) groups excluding carboxylic acids is 1. The Morgan fingerprint density at radius 3 is 2.57 bits per heavy atom. The topological polar surface area (TPSA) is 149 Å². The quantitative estimate of drug-likeness (QED) is 0.647. The summed E-state index contributed by atoms with van der Waals surface area (Å²) < 4.78 is 37.6. The van der Waals surface area contributed by atoms with E-state index in [2.05, 4.69) is 25.5 Å². The summed E-state index contributed by atoms with van der Waals surface area (Å²) in [6.07, 6.45) is 0. The van der Waals surface area contributed by atoms with Crippen LogP contribution in [0.4, 0.5) is 10.7 Å². The van der Waals surface area contributed by atoms with Crippen molar-refractivity contribution in [2.45, 2.75) is 18.7 Å². The van der Waals surface area contributed by atoms with Crippen LogP contribution in [0.5, 0.6) is 5.88 Å². The van der Waals surface area contributed by atoms with Crippen molar-refractivity contribution < 1.29 is 22.4 Å². The molecule has 0 saturated carbocycles. The Hall–Kier alpha value is -3.54. The summed E-state index contributed by atoms with van der Waals surface area (Å²) in [5, 5.41) is 9.77. The summed E-state index contributed by atoms with van der Waals surface area (Å²) >= 11 is 0. The van der Waals surface area contributed by atoms with Crippen LogP contribution in [0, 0.1) is 13.8 Å². The van der Waals surface area contributed by atoms with Crippen molar-refractivity contribution in [3.8, 4) is 17.3 Å². The van der Waals surface area contributed by atoms with Gasteiger partial charge in [0.05, 0.1) is 12.7 Å². The molecule has 2 heterocycles. The maximum atomic E-state index is 12.7. The Labute approximate surface area is 160 Å². The molecule has 0 bridgehead atoms. The number of anilines is 1. The molecule has 0 aliphatic heterocycles. The molecule has 12 heteroatoms. The van der Waals surface area contributed by atoms with Gasteiger partial charge in [0.2, 0.25) is 23.6 Å². The molecule has 0 fully saturated rings. The van der Waals surface area contributed by atoms with E-state index < -0.39 is 16.1 Å². The fraction of sp³-hybridized carbons (Fsp3) is 0.188. The third-order valence-electron chi connectivity index (χ3n) is 3.43. The van der Waals surface area contributed by atoms with Crippen molar-refractivity contribution in [2.75, 3.05) is 12.4 Å². The van der Waals surface area contributed by atoms with Gasteiger partial charge >= 0.3 is 6.03 Å². The molecule has 3 aromatic rings. The molecule has 0 radical (unpaired) electrons. The molecular formula is C16H16N6O5S. The lowest BCUT2D eigenvalue weighted by Gasteiger charge is -2.10. The highest BCUT2D eigenvalue weighted by atomic mass is 32.2. The Morgan fingerprint density at radius 2 is 1.89 bits per heavy atom. The van der Waals surface area contributed by atoms with Gasteiger partial charge in [-0.25, -0.2) is 22.9 Å². The van der Waals surface area contributed by atoms with Crippen LogP contribution in [0.25, 0.3) is 11.5 Å². The number of rotatable bonds is 5.